The van der Waals surface area contributed by atoms with Crippen molar-refractivity contribution in [3.63, 3.8) is 0 Å². The number of carbonyl (C=O) groups excluding carboxylic acids is 4. The molecule has 3 fully saturated rings. The monoisotopic (exact) mass is 962 g/mol. The first-order valence-corrected chi connectivity index (χ1v) is 22.3. The van der Waals surface area contributed by atoms with E-state index in [1.165, 1.54) is 17.2 Å². The number of rotatable bonds is 9. The number of nitrogens with zero attached hydrogens (tertiary/aromatic N) is 3. The number of benzene rings is 4. The first-order valence-electron chi connectivity index (χ1n) is 21.5. The van der Waals surface area contributed by atoms with Gasteiger partial charge in [-0.2, -0.15) is 18.2 Å². The molecule has 12 nitrogen and oxygen atoms in total. The molecule has 2 N–H and O–H groups in total. The van der Waals surface area contributed by atoms with E-state index in [1.807, 2.05) is 24.3 Å². The Morgan fingerprint density at radius 1 is 0.882 bits per heavy atom. The third-order valence-electron chi connectivity index (χ3n) is 13.7. The maximum atomic E-state index is 15.6. The molecule has 0 radical (unpaired) electrons. The molecule has 5 aromatic rings. The molecule has 346 valence electrons. The van der Waals surface area contributed by atoms with Crippen LogP contribution < -0.4 is 24.5 Å². The minimum atomic E-state index is -4.77. The van der Waals surface area contributed by atoms with Gasteiger partial charge in [0, 0.05) is 34.7 Å². The number of alkyl halides is 3. The summed E-state index contributed by atoms with van der Waals surface area (Å²) in [6, 6.07) is 24.1. The number of ether oxygens (including phenoxy) is 3. The van der Waals surface area contributed by atoms with Gasteiger partial charge in [-0.05, 0) is 102 Å². The van der Waals surface area contributed by atoms with Gasteiger partial charge in [-0.25, -0.2) is 4.98 Å². The molecule has 1 aromatic heterocycles. The Morgan fingerprint density at radius 3 is 2.35 bits per heavy atom. The van der Waals surface area contributed by atoms with Crippen molar-refractivity contribution in [2.75, 3.05) is 24.5 Å². The number of hydrazine groups is 1. The SMILES string of the molecule is COc1ccc(OC)c(C=Cc2ccc(N3C(=O)C4CC=C5C(CC6C(=O)N(Nc7ncc(C(F)(F)F)cc7Cl)C(=O)C6(c6ccc(Cl)cc6)C5C5=COc6ccc(O)cc6C5)C4C3=O)cc2)c1. The summed E-state index contributed by atoms with van der Waals surface area (Å²) in [7, 11) is 3.15. The fraction of sp³-hybridized carbons (Fsp3) is 0.235. The van der Waals surface area contributed by atoms with Gasteiger partial charge in [-0.3, -0.25) is 29.5 Å². The Kier molecular flexibility index (Phi) is 11.1. The molecule has 3 aliphatic heterocycles. The zero-order valence-electron chi connectivity index (χ0n) is 36.1. The van der Waals surface area contributed by atoms with Gasteiger partial charge in [-0.1, -0.05) is 71.3 Å². The Hall–Kier alpha value is -7.10. The van der Waals surface area contributed by atoms with Crippen molar-refractivity contribution >= 4 is 70.5 Å². The van der Waals surface area contributed by atoms with E-state index in [1.54, 1.807) is 87.0 Å². The minimum absolute atomic E-state index is 0.0279. The predicted octanol–water partition coefficient (Wildman–Crippen LogP) is 9.84. The number of imide groups is 2. The maximum Gasteiger partial charge on any atom is 0.417 e. The smallest absolute Gasteiger partial charge is 0.417 e. The van der Waals surface area contributed by atoms with Crippen LogP contribution in [0.15, 0.2) is 121 Å². The highest BCUT2D eigenvalue weighted by molar-refractivity contribution is 6.33. The van der Waals surface area contributed by atoms with Crippen LogP contribution in [0.2, 0.25) is 10.0 Å². The molecule has 1 saturated carbocycles. The number of phenolic OH excluding ortho intramolecular Hbond substituents is 1. The van der Waals surface area contributed by atoms with Crippen molar-refractivity contribution in [1.29, 1.82) is 0 Å². The Balaban J connectivity index is 1.05. The summed E-state index contributed by atoms with van der Waals surface area (Å²) in [5.74, 6) is -5.75. The number of anilines is 2. The van der Waals surface area contributed by atoms with E-state index in [2.05, 4.69) is 10.4 Å². The van der Waals surface area contributed by atoms with E-state index < -0.39 is 75.4 Å². The van der Waals surface area contributed by atoms with Crippen LogP contribution in [0, 0.1) is 29.6 Å². The van der Waals surface area contributed by atoms with Crippen molar-refractivity contribution in [1.82, 2.24) is 9.99 Å². The molecule has 2 aliphatic carbocycles. The van der Waals surface area contributed by atoms with Crippen LogP contribution in [-0.2, 0) is 37.2 Å². The minimum Gasteiger partial charge on any atom is -0.508 e. The normalized spacial score (nSPS) is 24.2. The lowest BCUT2D eigenvalue weighted by molar-refractivity contribution is -0.139. The molecule has 4 aromatic carbocycles. The van der Waals surface area contributed by atoms with Crippen LogP contribution in [0.1, 0.15) is 40.7 Å². The highest BCUT2D eigenvalue weighted by atomic mass is 35.5. The molecule has 6 atom stereocenters. The summed E-state index contributed by atoms with van der Waals surface area (Å²) in [4.78, 5) is 65.2. The second-order valence-electron chi connectivity index (χ2n) is 17.2. The second kappa shape index (κ2) is 16.9. The molecular formula is C51H39Cl2F3N4O8. The summed E-state index contributed by atoms with van der Waals surface area (Å²) in [6.45, 7) is 0. The molecule has 0 bridgehead atoms. The maximum absolute atomic E-state index is 15.6. The number of aromatic nitrogens is 1. The van der Waals surface area contributed by atoms with E-state index in [-0.39, 0.29) is 30.8 Å². The van der Waals surface area contributed by atoms with Gasteiger partial charge < -0.3 is 19.3 Å². The Morgan fingerprint density at radius 2 is 1.65 bits per heavy atom. The number of aromatic hydroxyl groups is 1. The molecule has 10 rings (SSSR count). The highest BCUT2D eigenvalue weighted by Gasteiger charge is 2.71. The van der Waals surface area contributed by atoms with Gasteiger partial charge in [0.1, 0.15) is 23.0 Å². The summed E-state index contributed by atoms with van der Waals surface area (Å²) in [6.07, 6.45) is 3.12. The van der Waals surface area contributed by atoms with Crippen molar-refractivity contribution in [3.05, 3.63) is 159 Å². The van der Waals surface area contributed by atoms with Gasteiger partial charge in [0.15, 0.2) is 5.82 Å². The van der Waals surface area contributed by atoms with E-state index in [4.69, 9.17) is 37.4 Å². The third-order valence-corrected chi connectivity index (χ3v) is 14.3. The summed E-state index contributed by atoms with van der Waals surface area (Å²) >= 11 is 12.8. The van der Waals surface area contributed by atoms with Crippen LogP contribution in [0.25, 0.3) is 12.2 Å². The van der Waals surface area contributed by atoms with E-state index >= 15 is 9.59 Å². The van der Waals surface area contributed by atoms with Crippen molar-refractivity contribution in [2.45, 2.75) is 30.9 Å². The molecule has 68 heavy (non-hydrogen) atoms. The van der Waals surface area contributed by atoms with Gasteiger partial charge in [0.25, 0.3) is 11.8 Å². The highest BCUT2D eigenvalue weighted by Crippen LogP contribution is 2.63. The number of fused-ring (bicyclic) bond motifs is 5. The standard InChI is InChI=1S/C51H39Cl2F3N4O8/c1-66-35-14-18-41(67-2)27(21-35)6-3-26-4-11-33(12-5-26)59-46(62)37-16-15-36-38(43(37)48(59)64)23-39-47(63)60(58-45-40(53)22-31(24-57-45)51(54,55)56)49(65)50(39,30-7-9-32(52)10-8-30)44(36)29-19-28-20-34(61)13-17-42(28)68-25-29/h3-15,17-18,20-22,24-25,37-39,43-44,61H,16,19,23H2,1-2H3,(H,57,58). The van der Waals surface area contributed by atoms with Crippen LogP contribution in [0.4, 0.5) is 24.7 Å². The lowest BCUT2D eigenvalue weighted by atomic mass is 9.48. The van der Waals surface area contributed by atoms with Crippen LogP contribution in [0.3, 0.4) is 0 Å². The Bertz CT molecular complexity index is 3030. The van der Waals surface area contributed by atoms with E-state index in [0.717, 1.165) is 16.1 Å². The molecule has 4 amide bonds. The van der Waals surface area contributed by atoms with Crippen molar-refractivity contribution in [2.24, 2.45) is 29.6 Å². The fourth-order valence-corrected chi connectivity index (χ4v) is 11.1. The van der Waals surface area contributed by atoms with Crippen LogP contribution in [-0.4, -0.2) is 52.9 Å². The second-order valence-corrected chi connectivity index (χ2v) is 18.1. The summed E-state index contributed by atoms with van der Waals surface area (Å²) < 4.78 is 58.0. The van der Waals surface area contributed by atoms with Gasteiger partial charge in [0.05, 0.1) is 59.9 Å². The molecule has 4 heterocycles. The molecular weight excluding hydrogens is 924 g/mol. The zero-order chi connectivity index (χ0) is 47.8. The zero-order valence-corrected chi connectivity index (χ0v) is 37.6. The Labute approximate surface area is 397 Å². The number of hydrogen-bond acceptors (Lipinski definition) is 10. The average molecular weight is 964 g/mol. The van der Waals surface area contributed by atoms with Crippen molar-refractivity contribution < 1.29 is 51.7 Å². The summed E-state index contributed by atoms with van der Waals surface area (Å²) in [5, 5.41) is 11.1. The van der Waals surface area contributed by atoms with Gasteiger partial charge in [-0.15, -0.1) is 0 Å². The predicted molar refractivity (Wildman–Crippen MR) is 246 cm³/mol. The quantitative estimate of drug-likeness (QED) is 0.0832. The number of allylic oxidation sites excluding steroid dienone is 3. The van der Waals surface area contributed by atoms with Crippen LogP contribution in [0.5, 0.6) is 23.0 Å². The number of pyridine rings is 1. The van der Waals surface area contributed by atoms with E-state index in [0.29, 0.717) is 62.5 Å². The number of methoxy groups -OCH3 is 2. The lowest BCUT2D eigenvalue weighted by Crippen LogP contribution is -2.55. The molecule has 2 saturated heterocycles. The largest absolute Gasteiger partial charge is 0.508 e. The molecule has 17 heteroatoms. The van der Waals surface area contributed by atoms with Gasteiger partial charge >= 0.3 is 6.18 Å². The molecule has 0 spiro atoms. The first-order chi connectivity index (χ1) is 32.6. The number of nitrogens with one attached hydrogen (secondary N) is 1. The average Bonchev–Trinajstić information content (AvgIpc) is 3.71. The third kappa shape index (κ3) is 7.26. The molecule has 5 aliphatic rings. The van der Waals surface area contributed by atoms with Crippen molar-refractivity contribution in [3.8, 4) is 23.0 Å². The number of amides is 4. The number of phenols is 1. The lowest BCUT2D eigenvalue weighted by Gasteiger charge is -2.51. The molecule has 6 unspecified atom stereocenters. The first kappa shape index (κ1) is 44.7. The van der Waals surface area contributed by atoms with Crippen LogP contribution >= 0.6 is 23.2 Å². The summed E-state index contributed by atoms with van der Waals surface area (Å²) in [5.41, 5.74) is 3.82. The topological polar surface area (TPSA) is 148 Å². The number of hydrogen-bond donors (Lipinski definition) is 2. The number of carbonyl (C=O) groups is 4. The number of halogens is 5. The van der Waals surface area contributed by atoms with Gasteiger partial charge in [0.2, 0.25) is 11.8 Å². The van der Waals surface area contributed by atoms with E-state index in [9.17, 15) is 27.9 Å². The fourth-order valence-electron chi connectivity index (χ4n) is 10.7.